The fourth-order valence-electron chi connectivity index (χ4n) is 19.7. The fourth-order valence-corrected chi connectivity index (χ4v) is 20.8. The normalized spacial score (nSPS) is 12.7. The van der Waals surface area contributed by atoms with Crippen LogP contribution in [0.5, 0.6) is 0 Å². The van der Waals surface area contributed by atoms with Crippen LogP contribution in [-0.4, -0.2) is 57.3 Å². The molecule has 14 heteroatoms. The molecule has 16 aromatic carbocycles. The second-order valence-corrected chi connectivity index (χ2v) is 32.5. The first kappa shape index (κ1) is 66.8. The van der Waals surface area contributed by atoms with Crippen LogP contribution in [0.25, 0.3) is 219 Å². The smallest absolute Gasteiger partial charge is 0.237 e. The largest absolute Gasteiger partial charge is 0.456 e. The van der Waals surface area contributed by atoms with Gasteiger partial charge >= 0.3 is 0 Å². The van der Waals surface area contributed by atoms with Gasteiger partial charge < -0.3 is 22.7 Å². The van der Waals surface area contributed by atoms with Crippen molar-refractivity contribution in [3.8, 4) is 45.8 Å². The Morgan fingerprint density at radius 2 is 0.571 bits per heavy atom. The molecule has 10 heterocycles. The maximum Gasteiger partial charge on any atom is 0.237 e. The highest BCUT2D eigenvalue weighted by molar-refractivity contribution is 7.25. The molecule has 0 radical (unpaired) electrons. The van der Waals surface area contributed by atoms with Crippen LogP contribution in [0.4, 0.5) is 0 Å². The molecule has 0 N–H and O–H groups in total. The number of hydrogen-bond donors (Lipinski definition) is 0. The summed E-state index contributed by atoms with van der Waals surface area (Å²) in [5.41, 5.74) is 25.7. The van der Waals surface area contributed by atoms with E-state index < -0.39 is 0 Å². The molecule has 1 aliphatic carbocycles. The SMILES string of the molecule is CC1(C)c2ccccc2-c2cc(-n3c4ccccc4c4cc5c(cc43)c3ccccc3n5-c3ncncn3)ccc21.c1ccc(-n2c3ccccc3c3cc4c(cc32)c2ccccc2n4-c2ccc3c(c2)sc2ccccc23)cc1.c1ccc2c(c1)oc1ccc(-n3c4ccccc4c4cc5c(cc43)c3ccccc3n5-c3ncncn3)cc12. The molecule has 0 fully saturated rings. The van der Waals surface area contributed by atoms with Crippen molar-refractivity contribution >= 4 is 184 Å². The van der Waals surface area contributed by atoms with E-state index in [1.807, 2.05) is 23.5 Å². The average Bonchev–Trinajstić information content (AvgIpc) is 1.56. The maximum atomic E-state index is 6.12. The topological polar surface area (TPSA) is 120 Å². The van der Waals surface area contributed by atoms with Crippen LogP contribution in [0, 0.1) is 0 Å². The van der Waals surface area contributed by atoms with Gasteiger partial charge in [0.25, 0.3) is 0 Å². The molecule has 0 unspecified atom stereocenters. The van der Waals surface area contributed by atoms with Crippen molar-refractivity contribution in [2.45, 2.75) is 19.3 Å². The van der Waals surface area contributed by atoms with Crippen molar-refractivity contribution in [3.63, 3.8) is 0 Å². The van der Waals surface area contributed by atoms with Crippen LogP contribution in [0.1, 0.15) is 25.0 Å². The lowest BCUT2D eigenvalue weighted by Crippen LogP contribution is -2.14. The number of furan rings is 1. The zero-order valence-electron chi connectivity index (χ0n) is 64.3. The molecular weight excluding hydrogens is 1480 g/mol. The third kappa shape index (κ3) is 9.92. The highest BCUT2D eigenvalue weighted by atomic mass is 32.1. The molecule has 27 rings (SSSR count). The molecule has 0 saturated heterocycles. The molecule has 0 bridgehead atoms. The van der Waals surface area contributed by atoms with Crippen molar-refractivity contribution in [3.05, 3.63) is 376 Å². The lowest BCUT2D eigenvalue weighted by molar-refractivity contribution is 0.660. The second-order valence-electron chi connectivity index (χ2n) is 31.4. The van der Waals surface area contributed by atoms with Gasteiger partial charge in [0, 0.05) is 124 Å². The van der Waals surface area contributed by atoms with Crippen molar-refractivity contribution in [2.24, 2.45) is 0 Å². The van der Waals surface area contributed by atoms with Crippen molar-refractivity contribution in [1.29, 1.82) is 0 Å². The van der Waals surface area contributed by atoms with Gasteiger partial charge in [-0.3, -0.25) is 9.13 Å². The van der Waals surface area contributed by atoms with E-state index in [1.165, 1.54) is 146 Å². The zero-order chi connectivity index (χ0) is 78.3. The van der Waals surface area contributed by atoms with Gasteiger partial charge in [0.1, 0.15) is 36.5 Å². The van der Waals surface area contributed by atoms with Gasteiger partial charge in [0.15, 0.2) is 0 Å². The van der Waals surface area contributed by atoms with Crippen LogP contribution in [0.2, 0.25) is 0 Å². The Bertz CT molecular complexity index is 8730. The van der Waals surface area contributed by atoms with Crippen LogP contribution in [0.15, 0.2) is 369 Å². The fraction of sp³-hybridized carbons (Fsp3) is 0.0286. The van der Waals surface area contributed by atoms with E-state index >= 15 is 0 Å². The van der Waals surface area contributed by atoms with E-state index in [0.29, 0.717) is 11.9 Å². The van der Waals surface area contributed by atoms with E-state index in [4.69, 9.17) is 4.42 Å². The number of thiophene rings is 1. The summed E-state index contributed by atoms with van der Waals surface area (Å²) in [5.74, 6) is 1.23. The summed E-state index contributed by atoms with van der Waals surface area (Å²) < 4.78 is 22.7. The Morgan fingerprint density at radius 3 is 1.07 bits per heavy atom. The number of para-hydroxylation sites is 8. The molecule has 119 heavy (non-hydrogen) atoms. The van der Waals surface area contributed by atoms with Crippen molar-refractivity contribution < 1.29 is 4.42 Å². The van der Waals surface area contributed by atoms with Crippen LogP contribution >= 0.6 is 11.3 Å². The molecule has 0 aliphatic heterocycles. The monoisotopic (exact) mass is 1540 g/mol. The Labute approximate surface area is 682 Å². The highest BCUT2D eigenvalue weighted by Gasteiger charge is 2.36. The Hall–Kier alpha value is -15.6. The number of benzene rings is 16. The first-order chi connectivity index (χ1) is 58.8. The molecule has 0 spiro atoms. The first-order valence-electron chi connectivity index (χ1n) is 40.1. The number of rotatable bonds is 6. The molecule has 0 saturated carbocycles. The standard InChI is InChI=1S/C36H25N5.C36H22N2S.C33H19N5O/c1-36(2)29-12-6-3-9-23(29)26-17-22(15-16-30(26)36)40-31-13-7-4-10-24(31)27-19-34-28(18-33(27)40)25-11-5-8-14-32(25)41(34)35-38-20-37-21-39-35;1-2-10-23(11-3-1)37-31-15-7-4-12-25(31)29-22-34-30(21-33(29)37)26-13-5-8-16-32(26)38(34)24-18-19-28-27-14-6-9-17-35(27)39-36(28)20-24;1-4-10-27-21(7-1)24-17-30-25(22-8-2-5-11-28(22)38(30)33-35-18-34-19-36-33)16-29(24)37(27)20-13-14-32-26(15-20)23-9-3-6-12-31(23)39-32/h3-21H,1-2H3;1-22H;1-19H. The van der Waals surface area contributed by atoms with Gasteiger partial charge in [-0.2, -0.15) is 0 Å². The second kappa shape index (κ2) is 25.7. The minimum Gasteiger partial charge on any atom is -0.456 e. The molecule has 26 aromatic rings. The predicted octanol–water partition coefficient (Wildman–Crippen LogP) is 26.6. The third-order valence-corrected chi connectivity index (χ3v) is 26.0. The lowest BCUT2D eigenvalue weighted by Gasteiger charge is -2.21. The molecule has 10 aromatic heterocycles. The highest BCUT2D eigenvalue weighted by Crippen LogP contribution is 2.51. The number of nitrogens with zero attached hydrogens (tertiary/aromatic N) is 12. The maximum absolute atomic E-state index is 6.12. The van der Waals surface area contributed by atoms with Gasteiger partial charge in [-0.1, -0.05) is 214 Å². The summed E-state index contributed by atoms with van der Waals surface area (Å²) >= 11 is 1.87. The van der Waals surface area contributed by atoms with Crippen LogP contribution in [-0.2, 0) is 5.41 Å². The van der Waals surface area contributed by atoms with E-state index in [0.717, 1.165) is 71.5 Å². The minimum atomic E-state index is -0.0195. The Morgan fingerprint density at radius 1 is 0.227 bits per heavy atom. The summed E-state index contributed by atoms with van der Waals surface area (Å²) in [6.07, 6.45) is 6.20. The summed E-state index contributed by atoms with van der Waals surface area (Å²) in [6.45, 7) is 4.66. The van der Waals surface area contributed by atoms with Gasteiger partial charge in [-0.25, -0.2) is 29.9 Å². The average molecular weight is 1540 g/mol. The van der Waals surface area contributed by atoms with Gasteiger partial charge in [-0.15, -0.1) is 11.3 Å². The summed E-state index contributed by atoms with van der Waals surface area (Å²) in [4.78, 5) is 26.1. The van der Waals surface area contributed by atoms with E-state index in [-0.39, 0.29) is 5.41 Å². The number of fused-ring (bicyclic) bond motifs is 27. The van der Waals surface area contributed by atoms with Crippen molar-refractivity contribution in [2.75, 3.05) is 0 Å². The van der Waals surface area contributed by atoms with E-state index in [1.54, 1.807) is 25.3 Å². The molecule has 13 nitrogen and oxygen atoms in total. The van der Waals surface area contributed by atoms with E-state index in [9.17, 15) is 0 Å². The molecular formula is C105H66N12OS. The molecule has 0 amide bonds. The minimum absolute atomic E-state index is 0.0195. The summed E-state index contributed by atoms with van der Waals surface area (Å²) in [6, 6.07) is 123. The van der Waals surface area contributed by atoms with Gasteiger partial charge in [-0.05, 0) is 162 Å². The third-order valence-electron chi connectivity index (χ3n) is 24.8. The Kier molecular flexibility index (Phi) is 14.4. The predicted molar refractivity (Wildman–Crippen MR) is 490 cm³/mol. The molecule has 1 aliphatic rings. The molecule has 0 atom stereocenters. The van der Waals surface area contributed by atoms with Crippen molar-refractivity contribution in [1.82, 2.24) is 57.3 Å². The zero-order valence-corrected chi connectivity index (χ0v) is 65.1. The summed E-state index contributed by atoms with van der Waals surface area (Å²) in [5, 5.41) is 19.4. The lowest BCUT2D eigenvalue weighted by atomic mass is 9.82. The number of aromatic nitrogens is 12. The van der Waals surface area contributed by atoms with Crippen LogP contribution in [0.3, 0.4) is 0 Å². The van der Waals surface area contributed by atoms with Gasteiger partial charge in [0.05, 0.1) is 66.2 Å². The van der Waals surface area contributed by atoms with Gasteiger partial charge in [0.2, 0.25) is 11.9 Å². The first-order valence-corrected chi connectivity index (χ1v) is 40.9. The number of hydrogen-bond acceptors (Lipinski definition) is 8. The summed E-state index contributed by atoms with van der Waals surface area (Å²) in [7, 11) is 0. The van der Waals surface area contributed by atoms with E-state index in [2.05, 4.69) is 399 Å². The quantitative estimate of drug-likeness (QED) is 0.163. The molecule has 558 valence electrons. The Balaban J connectivity index is 0.0000000992. The van der Waals surface area contributed by atoms with Crippen LogP contribution < -0.4 is 0 Å².